The van der Waals surface area contributed by atoms with Gasteiger partial charge in [0.1, 0.15) is 0 Å². The first-order valence-electron chi connectivity index (χ1n) is 7.93. The van der Waals surface area contributed by atoms with Gasteiger partial charge in [0.25, 0.3) is 0 Å². The molecule has 2 saturated carbocycles. The zero-order valence-corrected chi connectivity index (χ0v) is 12.9. The van der Waals surface area contributed by atoms with Crippen LogP contribution < -0.4 is 0 Å². The fourth-order valence-electron chi connectivity index (χ4n) is 5.31. The molecule has 19 heavy (non-hydrogen) atoms. The molecule has 0 unspecified atom stereocenters. The fraction of sp³-hybridized carbons (Fsp3) is 0.941. The van der Waals surface area contributed by atoms with Gasteiger partial charge in [0, 0.05) is 0 Å². The van der Waals surface area contributed by atoms with Crippen molar-refractivity contribution in [3.8, 4) is 6.07 Å². The van der Waals surface area contributed by atoms with Gasteiger partial charge < -0.3 is 5.11 Å². The first-order valence-corrected chi connectivity index (χ1v) is 7.93. The first-order chi connectivity index (χ1) is 8.83. The molecule has 0 heterocycles. The Morgan fingerprint density at radius 1 is 1.37 bits per heavy atom. The van der Waals surface area contributed by atoms with E-state index in [9.17, 15) is 10.4 Å². The van der Waals surface area contributed by atoms with E-state index >= 15 is 0 Å². The molecule has 2 rings (SSSR count). The van der Waals surface area contributed by atoms with Crippen LogP contribution in [0.5, 0.6) is 0 Å². The van der Waals surface area contributed by atoms with E-state index in [1.165, 1.54) is 6.42 Å². The monoisotopic (exact) mass is 263 g/mol. The molecule has 0 aromatic rings. The summed E-state index contributed by atoms with van der Waals surface area (Å²) in [6, 6.07) is 2.64. The summed E-state index contributed by atoms with van der Waals surface area (Å²) in [6.07, 6.45) is 6.34. The average Bonchev–Trinajstić information content (AvgIpc) is 2.67. The van der Waals surface area contributed by atoms with Gasteiger partial charge in [-0.1, -0.05) is 27.2 Å². The Morgan fingerprint density at radius 2 is 2.05 bits per heavy atom. The normalized spacial score (nSPS) is 41.6. The molecule has 0 aromatic carbocycles. The van der Waals surface area contributed by atoms with Crippen LogP contribution in [0, 0.1) is 39.9 Å². The minimum absolute atomic E-state index is 0.134. The summed E-state index contributed by atoms with van der Waals surface area (Å²) in [5, 5.41) is 20.1. The standard InChI is InChI=1S/C17H29NO/c1-12(2)10-16(3,11-18)15-8-7-13-14(19)6-5-9-17(13,15)4/h12-15,19H,5-10H2,1-4H3/t13-,14-,15+,16+,17-/m0/s1. The average molecular weight is 263 g/mol. The minimum atomic E-state index is -0.227. The number of nitrogens with zero attached hydrogens (tertiary/aromatic N) is 1. The number of hydrogen-bond acceptors (Lipinski definition) is 2. The van der Waals surface area contributed by atoms with Gasteiger partial charge in [-0.3, -0.25) is 0 Å². The van der Waals surface area contributed by atoms with Gasteiger partial charge in [0.15, 0.2) is 0 Å². The molecule has 2 heteroatoms. The largest absolute Gasteiger partial charge is 0.393 e. The summed E-state index contributed by atoms with van der Waals surface area (Å²) < 4.78 is 0. The molecule has 0 aromatic heterocycles. The zero-order chi connectivity index (χ0) is 14.3. The molecule has 108 valence electrons. The number of aliphatic hydroxyl groups excluding tert-OH is 1. The SMILES string of the molecule is CC(C)C[C@](C)(C#N)[C@H]1CC[C@H]2[C@@H](O)CCC[C@@]21C. The Morgan fingerprint density at radius 3 is 2.63 bits per heavy atom. The maximum Gasteiger partial charge on any atom is 0.0690 e. The van der Waals surface area contributed by atoms with Crippen LogP contribution in [0.15, 0.2) is 0 Å². The van der Waals surface area contributed by atoms with Crippen LogP contribution in [-0.2, 0) is 0 Å². The molecule has 2 nitrogen and oxygen atoms in total. The van der Waals surface area contributed by atoms with E-state index in [0.29, 0.717) is 17.8 Å². The van der Waals surface area contributed by atoms with Gasteiger partial charge in [-0.25, -0.2) is 0 Å². The number of aliphatic hydroxyl groups is 1. The molecule has 1 N–H and O–H groups in total. The Kier molecular flexibility index (Phi) is 3.98. The van der Waals surface area contributed by atoms with E-state index in [2.05, 4.69) is 33.8 Å². The van der Waals surface area contributed by atoms with Crippen LogP contribution in [0.1, 0.15) is 66.2 Å². The lowest BCUT2D eigenvalue weighted by atomic mass is 9.56. The van der Waals surface area contributed by atoms with Crippen molar-refractivity contribution in [2.75, 3.05) is 0 Å². The first kappa shape index (κ1) is 14.9. The molecule has 0 spiro atoms. The van der Waals surface area contributed by atoms with Crippen molar-refractivity contribution in [3.05, 3.63) is 0 Å². The van der Waals surface area contributed by atoms with Gasteiger partial charge in [-0.2, -0.15) is 5.26 Å². The van der Waals surface area contributed by atoms with Crippen molar-refractivity contribution < 1.29 is 5.11 Å². The summed E-state index contributed by atoms with van der Waals surface area (Å²) in [7, 11) is 0. The van der Waals surface area contributed by atoms with E-state index < -0.39 is 0 Å². The summed E-state index contributed by atoms with van der Waals surface area (Å²) in [5.41, 5.74) is -0.0498. The third kappa shape index (κ3) is 2.42. The Labute approximate surface area is 118 Å². The number of rotatable bonds is 3. The van der Waals surface area contributed by atoms with Gasteiger partial charge in [-0.05, 0) is 62.2 Å². The lowest BCUT2D eigenvalue weighted by molar-refractivity contribution is -0.0392. The Balaban J connectivity index is 2.28. The molecule has 2 aliphatic carbocycles. The quantitative estimate of drug-likeness (QED) is 0.831. The van der Waals surface area contributed by atoms with Crippen molar-refractivity contribution in [2.24, 2.45) is 28.6 Å². The van der Waals surface area contributed by atoms with E-state index in [4.69, 9.17) is 0 Å². The zero-order valence-electron chi connectivity index (χ0n) is 12.9. The van der Waals surface area contributed by atoms with Gasteiger partial charge in [-0.15, -0.1) is 0 Å². The second-order valence-electron chi connectivity index (χ2n) is 7.83. The van der Waals surface area contributed by atoms with Gasteiger partial charge in [0.05, 0.1) is 17.6 Å². The smallest absolute Gasteiger partial charge is 0.0690 e. The molecule has 0 aliphatic heterocycles. The van der Waals surface area contributed by atoms with E-state index in [0.717, 1.165) is 32.1 Å². The Hall–Kier alpha value is -0.550. The molecule has 0 amide bonds. The molecule has 2 aliphatic rings. The maximum absolute atomic E-state index is 10.3. The van der Waals surface area contributed by atoms with Gasteiger partial charge in [0.2, 0.25) is 0 Å². The summed E-state index contributed by atoms with van der Waals surface area (Å²) >= 11 is 0. The lowest BCUT2D eigenvalue weighted by Gasteiger charge is -2.47. The summed E-state index contributed by atoms with van der Waals surface area (Å²) in [5.74, 6) is 1.43. The highest BCUT2D eigenvalue weighted by Gasteiger charge is 2.56. The second kappa shape index (κ2) is 5.09. The highest BCUT2D eigenvalue weighted by molar-refractivity contribution is 5.11. The van der Waals surface area contributed by atoms with Crippen molar-refractivity contribution in [3.63, 3.8) is 0 Å². The molecular weight excluding hydrogens is 234 g/mol. The molecule has 0 bridgehead atoms. The predicted molar refractivity (Wildman–Crippen MR) is 77.4 cm³/mol. The molecular formula is C17H29NO. The summed E-state index contributed by atoms with van der Waals surface area (Å²) in [4.78, 5) is 0. The second-order valence-corrected chi connectivity index (χ2v) is 7.83. The Bertz CT molecular complexity index is 372. The predicted octanol–water partition coefficient (Wildman–Crippen LogP) is 4.14. The third-order valence-electron chi connectivity index (χ3n) is 5.95. The van der Waals surface area contributed by atoms with Crippen molar-refractivity contribution in [1.29, 1.82) is 5.26 Å². The fourth-order valence-corrected chi connectivity index (χ4v) is 5.31. The maximum atomic E-state index is 10.3. The van der Waals surface area contributed by atoms with Crippen molar-refractivity contribution >= 4 is 0 Å². The summed E-state index contributed by atoms with van der Waals surface area (Å²) in [6.45, 7) is 8.92. The van der Waals surface area contributed by atoms with E-state index in [1.54, 1.807) is 0 Å². The number of nitriles is 1. The number of fused-ring (bicyclic) bond motifs is 1. The molecule has 0 radical (unpaired) electrons. The van der Waals surface area contributed by atoms with Crippen LogP contribution in [0.3, 0.4) is 0 Å². The minimum Gasteiger partial charge on any atom is -0.393 e. The molecule has 5 atom stereocenters. The highest BCUT2D eigenvalue weighted by atomic mass is 16.3. The van der Waals surface area contributed by atoms with Crippen LogP contribution in [-0.4, -0.2) is 11.2 Å². The lowest BCUT2D eigenvalue weighted by Crippen LogP contribution is -2.44. The highest BCUT2D eigenvalue weighted by Crippen LogP contribution is 2.61. The topological polar surface area (TPSA) is 44.0 Å². The van der Waals surface area contributed by atoms with E-state index in [-0.39, 0.29) is 16.9 Å². The van der Waals surface area contributed by atoms with Crippen LogP contribution in [0.4, 0.5) is 0 Å². The molecule has 2 fully saturated rings. The molecule has 0 saturated heterocycles. The third-order valence-corrected chi connectivity index (χ3v) is 5.95. The van der Waals surface area contributed by atoms with Crippen LogP contribution in [0.25, 0.3) is 0 Å². The van der Waals surface area contributed by atoms with E-state index in [1.807, 2.05) is 0 Å². The van der Waals surface area contributed by atoms with Crippen molar-refractivity contribution in [1.82, 2.24) is 0 Å². The van der Waals surface area contributed by atoms with Crippen LogP contribution >= 0.6 is 0 Å². The van der Waals surface area contributed by atoms with Crippen molar-refractivity contribution in [2.45, 2.75) is 72.3 Å². The van der Waals surface area contributed by atoms with Crippen LogP contribution in [0.2, 0.25) is 0 Å². The number of hydrogen-bond donors (Lipinski definition) is 1. The van der Waals surface area contributed by atoms with Gasteiger partial charge >= 0.3 is 0 Å².